The predicted octanol–water partition coefficient (Wildman–Crippen LogP) is 1.24. The molecule has 8 nitrogen and oxygen atoms in total. The Labute approximate surface area is 161 Å². The first kappa shape index (κ1) is 17.5. The second-order valence-corrected chi connectivity index (χ2v) is 7.60. The number of carbonyl (C=O) groups excluding carboxylic acids is 2. The quantitative estimate of drug-likeness (QED) is 0.610. The molecule has 148 valence electrons. The van der Waals surface area contributed by atoms with Gasteiger partial charge in [0.2, 0.25) is 5.75 Å². The van der Waals surface area contributed by atoms with Gasteiger partial charge >= 0.3 is 5.97 Å². The standard InChI is InChI=1S/C20H20O8/c1-24-12-6-10(7-13(25-2)16(12)22)5-11-15(21)14-8-19-3-4-26-17(11)20(19,28-14)9-27-18(19)23/h5-7,14,17,22H,3-4,8-9H2,1-2H3/b11-5-. The summed E-state index contributed by atoms with van der Waals surface area (Å²) in [5.41, 5.74) is -0.739. The molecule has 4 heterocycles. The molecule has 28 heavy (non-hydrogen) atoms. The van der Waals surface area contributed by atoms with Crippen molar-refractivity contribution < 1.29 is 38.4 Å². The van der Waals surface area contributed by atoms with E-state index in [1.54, 1.807) is 18.2 Å². The van der Waals surface area contributed by atoms with Crippen LogP contribution in [0.2, 0.25) is 0 Å². The maximum Gasteiger partial charge on any atom is 0.315 e. The number of phenolic OH excluding ortho intramolecular Hbond substituents is 1. The SMILES string of the molecule is COc1cc(/C=C2/C(=O)C3CC45CCOC2C4(COC5=O)O3)cc(OC)c1O. The first-order valence-corrected chi connectivity index (χ1v) is 9.13. The molecule has 8 heteroatoms. The predicted molar refractivity (Wildman–Crippen MR) is 94.2 cm³/mol. The highest BCUT2D eigenvalue weighted by Gasteiger charge is 2.77. The summed E-state index contributed by atoms with van der Waals surface area (Å²) in [6.07, 6.45) is 1.13. The van der Waals surface area contributed by atoms with Crippen LogP contribution < -0.4 is 9.47 Å². The number of hydrogen-bond donors (Lipinski definition) is 1. The highest BCUT2D eigenvalue weighted by Crippen LogP contribution is 2.62. The highest BCUT2D eigenvalue weighted by atomic mass is 16.6. The van der Waals surface area contributed by atoms with Crippen molar-refractivity contribution in [3.63, 3.8) is 0 Å². The largest absolute Gasteiger partial charge is 0.502 e. The third kappa shape index (κ3) is 1.96. The number of fused-ring (bicyclic) bond motifs is 1. The van der Waals surface area contributed by atoms with E-state index in [0.717, 1.165) is 0 Å². The molecule has 0 amide bonds. The third-order valence-corrected chi connectivity index (χ3v) is 6.43. The molecule has 4 atom stereocenters. The van der Waals surface area contributed by atoms with Crippen LogP contribution in [0.4, 0.5) is 0 Å². The zero-order valence-electron chi connectivity index (χ0n) is 15.5. The van der Waals surface area contributed by atoms with Gasteiger partial charge in [-0.25, -0.2) is 0 Å². The monoisotopic (exact) mass is 388 g/mol. The number of Topliss-reactive ketones (excluding diaryl/α,β-unsaturated/α-hetero) is 1. The van der Waals surface area contributed by atoms with Crippen molar-refractivity contribution in [3.8, 4) is 17.2 Å². The summed E-state index contributed by atoms with van der Waals surface area (Å²) in [5.74, 6) is -0.155. The molecule has 4 fully saturated rings. The molecular formula is C20H20O8. The fraction of sp³-hybridized carbons (Fsp3) is 0.500. The number of rotatable bonds is 3. The molecule has 4 unspecified atom stereocenters. The van der Waals surface area contributed by atoms with Crippen LogP contribution in [0.15, 0.2) is 17.7 Å². The fourth-order valence-corrected chi connectivity index (χ4v) is 5.05. The summed E-state index contributed by atoms with van der Waals surface area (Å²) in [7, 11) is 2.87. The molecule has 4 saturated heterocycles. The highest BCUT2D eigenvalue weighted by molar-refractivity contribution is 6.06. The number of aromatic hydroxyl groups is 1. The van der Waals surface area contributed by atoms with Gasteiger partial charge in [0.25, 0.3) is 0 Å². The molecule has 1 spiro atoms. The lowest BCUT2D eigenvalue weighted by Crippen LogP contribution is -2.62. The van der Waals surface area contributed by atoms with E-state index in [0.29, 0.717) is 30.6 Å². The van der Waals surface area contributed by atoms with Gasteiger partial charge in [0.15, 0.2) is 17.3 Å². The van der Waals surface area contributed by atoms with Crippen LogP contribution in [0, 0.1) is 5.41 Å². The smallest absolute Gasteiger partial charge is 0.315 e. The average molecular weight is 388 g/mol. The van der Waals surface area contributed by atoms with E-state index in [4.69, 9.17) is 23.7 Å². The van der Waals surface area contributed by atoms with Gasteiger partial charge in [0.05, 0.1) is 14.2 Å². The molecule has 0 aromatic heterocycles. The summed E-state index contributed by atoms with van der Waals surface area (Å²) < 4.78 is 27.8. The van der Waals surface area contributed by atoms with Gasteiger partial charge in [-0.3, -0.25) is 9.59 Å². The number of benzene rings is 1. The van der Waals surface area contributed by atoms with Crippen LogP contribution in [0.3, 0.4) is 0 Å². The van der Waals surface area contributed by atoms with Crippen LogP contribution in [-0.4, -0.2) is 62.1 Å². The summed E-state index contributed by atoms with van der Waals surface area (Å²) in [6, 6.07) is 3.22. The Morgan fingerprint density at radius 1 is 1.21 bits per heavy atom. The summed E-state index contributed by atoms with van der Waals surface area (Å²) in [4.78, 5) is 25.7. The van der Waals surface area contributed by atoms with Crippen molar-refractivity contribution in [2.75, 3.05) is 27.4 Å². The molecule has 1 N–H and O–H groups in total. The zero-order valence-corrected chi connectivity index (χ0v) is 15.5. The molecule has 4 aliphatic rings. The normalized spacial score (nSPS) is 37.0. The lowest BCUT2D eigenvalue weighted by atomic mass is 9.67. The van der Waals surface area contributed by atoms with Crippen molar-refractivity contribution in [2.24, 2.45) is 5.41 Å². The summed E-state index contributed by atoms with van der Waals surface area (Å²) >= 11 is 0. The summed E-state index contributed by atoms with van der Waals surface area (Å²) in [5, 5.41) is 10.1. The first-order chi connectivity index (χ1) is 13.5. The van der Waals surface area contributed by atoms with E-state index in [9.17, 15) is 14.7 Å². The van der Waals surface area contributed by atoms with Crippen molar-refractivity contribution in [1.29, 1.82) is 0 Å². The molecule has 1 aromatic rings. The van der Waals surface area contributed by atoms with Gasteiger partial charge in [-0.05, 0) is 30.2 Å². The van der Waals surface area contributed by atoms with E-state index in [-0.39, 0.29) is 35.6 Å². The molecule has 4 aliphatic heterocycles. The van der Waals surface area contributed by atoms with Gasteiger partial charge < -0.3 is 28.8 Å². The van der Waals surface area contributed by atoms with Crippen LogP contribution >= 0.6 is 0 Å². The minimum atomic E-state index is -0.960. The number of hydrogen-bond acceptors (Lipinski definition) is 8. The van der Waals surface area contributed by atoms with Gasteiger partial charge in [-0.15, -0.1) is 0 Å². The van der Waals surface area contributed by atoms with Crippen LogP contribution in [0.5, 0.6) is 17.2 Å². The third-order valence-electron chi connectivity index (χ3n) is 6.43. The van der Waals surface area contributed by atoms with Gasteiger partial charge in [0.1, 0.15) is 29.8 Å². The molecule has 2 bridgehead atoms. The van der Waals surface area contributed by atoms with Crippen LogP contribution in [-0.2, 0) is 23.8 Å². The van der Waals surface area contributed by atoms with E-state index in [1.807, 2.05) is 0 Å². The van der Waals surface area contributed by atoms with Crippen molar-refractivity contribution in [1.82, 2.24) is 0 Å². The van der Waals surface area contributed by atoms with Crippen molar-refractivity contribution in [3.05, 3.63) is 23.3 Å². The lowest BCUT2D eigenvalue weighted by Gasteiger charge is -2.46. The van der Waals surface area contributed by atoms with Gasteiger partial charge in [-0.1, -0.05) is 0 Å². The number of cyclic esters (lactones) is 1. The second kappa shape index (κ2) is 5.71. The fourth-order valence-electron chi connectivity index (χ4n) is 5.05. The van der Waals surface area contributed by atoms with E-state index in [1.165, 1.54) is 14.2 Å². The summed E-state index contributed by atoms with van der Waals surface area (Å²) in [6.45, 7) is 0.435. The van der Waals surface area contributed by atoms with E-state index >= 15 is 0 Å². The zero-order chi connectivity index (χ0) is 19.7. The molecule has 0 saturated carbocycles. The van der Waals surface area contributed by atoms with E-state index in [2.05, 4.69) is 0 Å². The number of ether oxygens (including phenoxy) is 5. The van der Waals surface area contributed by atoms with Crippen molar-refractivity contribution >= 4 is 17.8 Å². The van der Waals surface area contributed by atoms with Crippen molar-refractivity contribution in [2.45, 2.75) is 30.7 Å². The lowest BCUT2D eigenvalue weighted by molar-refractivity contribution is -0.197. The number of esters is 1. The minimum Gasteiger partial charge on any atom is -0.502 e. The Hall–Kier alpha value is -2.58. The Bertz CT molecular complexity index is 896. The Morgan fingerprint density at radius 2 is 1.93 bits per heavy atom. The molecular weight excluding hydrogens is 368 g/mol. The van der Waals surface area contributed by atoms with Crippen LogP contribution in [0.1, 0.15) is 18.4 Å². The number of phenols is 1. The first-order valence-electron chi connectivity index (χ1n) is 9.13. The maximum absolute atomic E-state index is 13.1. The number of carbonyl (C=O) groups is 2. The molecule has 1 aromatic carbocycles. The number of methoxy groups -OCH3 is 2. The topological polar surface area (TPSA) is 101 Å². The average Bonchev–Trinajstić information content (AvgIpc) is 3.19. The minimum absolute atomic E-state index is 0.0832. The van der Waals surface area contributed by atoms with Crippen LogP contribution in [0.25, 0.3) is 6.08 Å². The second-order valence-electron chi connectivity index (χ2n) is 7.60. The number of ketones is 1. The van der Waals surface area contributed by atoms with Gasteiger partial charge in [0, 0.05) is 18.6 Å². The molecule has 0 radical (unpaired) electrons. The Morgan fingerprint density at radius 3 is 2.61 bits per heavy atom. The molecule has 0 aliphatic carbocycles. The van der Waals surface area contributed by atoms with Gasteiger partial charge in [-0.2, -0.15) is 0 Å². The maximum atomic E-state index is 13.1. The Kier molecular flexibility index (Phi) is 3.57. The Balaban J connectivity index is 1.64. The molecule has 5 rings (SSSR count). The van der Waals surface area contributed by atoms with E-state index < -0.39 is 23.2 Å².